The molecule has 0 N–H and O–H groups in total. The zero-order chi connectivity index (χ0) is 14.7. The molecule has 1 saturated heterocycles. The van der Waals surface area contributed by atoms with Gasteiger partial charge in [0.2, 0.25) is 0 Å². The van der Waals surface area contributed by atoms with Crippen LogP contribution in [0.3, 0.4) is 0 Å². The molecule has 0 saturated carbocycles. The van der Waals surface area contributed by atoms with Crippen molar-refractivity contribution in [2.45, 2.75) is 24.8 Å². The Morgan fingerprint density at radius 2 is 2.05 bits per heavy atom. The topological polar surface area (TPSA) is 49.6 Å². The normalized spacial score (nSPS) is 16.7. The van der Waals surface area contributed by atoms with Crippen molar-refractivity contribution in [1.29, 1.82) is 0 Å². The van der Waals surface area contributed by atoms with Crippen molar-refractivity contribution in [3.8, 4) is 0 Å². The van der Waals surface area contributed by atoms with Crippen LogP contribution in [0.1, 0.15) is 18.4 Å². The molecule has 0 aromatic heterocycles. The third kappa shape index (κ3) is 3.22. The van der Waals surface area contributed by atoms with Gasteiger partial charge in [0.25, 0.3) is 5.69 Å². The first kappa shape index (κ1) is 15.1. The van der Waals surface area contributed by atoms with E-state index in [1.54, 1.807) is 12.1 Å². The van der Waals surface area contributed by atoms with E-state index in [0.29, 0.717) is 11.9 Å². The van der Waals surface area contributed by atoms with Crippen molar-refractivity contribution in [2.75, 3.05) is 32.1 Å². The lowest BCUT2D eigenvalue weighted by molar-refractivity contribution is -0.384. The number of nitro benzene ring substituents is 1. The van der Waals surface area contributed by atoms with Gasteiger partial charge in [-0.2, -0.15) is 0 Å². The predicted octanol–water partition coefficient (Wildman–Crippen LogP) is 2.86. The molecule has 1 heterocycles. The van der Waals surface area contributed by atoms with Crippen LogP contribution in [0.5, 0.6) is 0 Å². The van der Waals surface area contributed by atoms with E-state index in [1.807, 2.05) is 6.07 Å². The Labute approximate surface area is 124 Å². The van der Waals surface area contributed by atoms with Gasteiger partial charge in [0.05, 0.1) is 4.92 Å². The molecule has 6 heteroatoms. The number of alkyl halides is 1. The van der Waals surface area contributed by atoms with E-state index in [2.05, 4.69) is 23.9 Å². The summed E-state index contributed by atoms with van der Waals surface area (Å²) in [4.78, 5) is 15.0. The zero-order valence-electron chi connectivity index (χ0n) is 11.9. The minimum absolute atomic E-state index is 0.104. The molecule has 0 unspecified atom stereocenters. The summed E-state index contributed by atoms with van der Waals surface area (Å²) in [7, 11) is 4.22. The lowest BCUT2D eigenvalue weighted by Gasteiger charge is -2.37. The fraction of sp³-hybridized carbons (Fsp3) is 0.571. The summed E-state index contributed by atoms with van der Waals surface area (Å²) >= 11 is 5.95. The molecule has 20 heavy (non-hydrogen) atoms. The SMILES string of the molecule is CN(C)C1CCN(c2ccc([N+](=O)[O-])cc2CCl)CC1. The number of rotatable bonds is 4. The number of non-ortho nitro benzene ring substituents is 1. The number of anilines is 1. The number of benzene rings is 1. The first-order valence-electron chi connectivity index (χ1n) is 6.77. The summed E-state index contributed by atoms with van der Waals surface area (Å²) in [5.74, 6) is 0.296. The Morgan fingerprint density at radius 3 is 2.55 bits per heavy atom. The van der Waals surface area contributed by atoms with Crippen LogP contribution in [0.15, 0.2) is 18.2 Å². The molecule has 0 radical (unpaired) electrons. The van der Waals surface area contributed by atoms with Crippen LogP contribution in [-0.4, -0.2) is 43.0 Å². The average molecular weight is 298 g/mol. The van der Waals surface area contributed by atoms with Gasteiger partial charge in [-0.05, 0) is 38.6 Å². The quantitative estimate of drug-likeness (QED) is 0.487. The van der Waals surface area contributed by atoms with Crippen molar-refractivity contribution in [3.05, 3.63) is 33.9 Å². The Hall–Kier alpha value is -1.33. The number of piperidine rings is 1. The molecule has 110 valence electrons. The molecule has 1 fully saturated rings. The second kappa shape index (κ2) is 6.41. The van der Waals surface area contributed by atoms with E-state index in [9.17, 15) is 10.1 Å². The second-order valence-corrected chi connectivity index (χ2v) is 5.65. The third-order valence-corrected chi connectivity index (χ3v) is 4.24. The smallest absolute Gasteiger partial charge is 0.269 e. The van der Waals surface area contributed by atoms with Gasteiger partial charge >= 0.3 is 0 Å². The van der Waals surface area contributed by atoms with Gasteiger partial charge in [-0.1, -0.05) is 0 Å². The lowest BCUT2D eigenvalue weighted by atomic mass is 10.0. The highest BCUT2D eigenvalue weighted by Gasteiger charge is 2.23. The van der Waals surface area contributed by atoms with E-state index < -0.39 is 0 Å². The Morgan fingerprint density at radius 1 is 1.40 bits per heavy atom. The Balaban J connectivity index is 2.15. The maximum atomic E-state index is 10.8. The van der Waals surface area contributed by atoms with Gasteiger partial charge in [0, 0.05) is 42.8 Å². The molecule has 1 aromatic rings. The standard InChI is InChI=1S/C14H20ClN3O2/c1-16(2)12-5-7-17(8-6-12)14-4-3-13(18(19)20)9-11(14)10-15/h3-4,9,12H,5-8,10H2,1-2H3. The molecule has 2 rings (SSSR count). The average Bonchev–Trinajstić information content (AvgIpc) is 2.46. The molecule has 5 nitrogen and oxygen atoms in total. The van der Waals surface area contributed by atoms with Crippen molar-refractivity contribution in [2.24, 2.45) is 0 Å². The summed E-state index contributed by atoms with van der Waals surface area (Å²) in [6, 6.07) is 5.58. The third-order valence-electron chi connectivity index (χ3n) is 3.95. The van der Waals surface area contributed by atoms with Crippen molar-refractivity contribution in [1.82, 2.24) is 4.90 Å². The van der Waals surface area contributed by atoms with Crippen LogP contribution >= 0.6 is 11.6 Å². The predicted molar refractivity (Wildman–Crippen MR) is 81.6 cm³/mol. The highest BCUT2D eigenvalue weighted by Crippen LogP contribution is 2.29. The molecule has 0 amide bonds. The number of halogens is 1. The van der Waals surface area contributed by atoms with Crippen molar-refractivity contribution < 1.29 is 4.92 Å². The zero-order valence-corrected chi connectivity index (χ0v) is 12.6. The Kier molecular flexibility index (Phi) is 4.83. The molecule has 0 atom stereocenters. The summed E-state index contributed by atoms with van der Waals surface area (Å²) in [6.07, 6.45) is 2.21. The molecular weight excluding hydrogens is 278 g/mol. The highest BCUT2D eigenvalue weighted by molar-refractivity contribution is 6.17. The molecule has 1 aromatic carbocycles. The molecule has 0 spiro atoms. The van der Waals surface area contributed by atoms with Gasteiger partial charge in [-0.25, -0.2) is 0 Å². The summed E-state index contributed by atoms with van der Waals surface area (Å²) in [5.41, 5.74) is 1.97. The van der Waals surface area contributed by atoms with Crippen LogP contribution in [0.2, 0.25) is 0 Å². The maximum Gasteiger partial charge on any atom is 0.269 e. The molecule has 1 aliphatic heterocycles. The first-order chi connectivity index (χ1) is 9.52. The first-order valence-corrected chi connectivity index (χ1v) is 7.31. The summed E-state index contributed by atoms with van der Waals surface area (Å²) in [6.45, 7) is 1.93. The van der Waals surface area contributed by atoms with Gasteiger partial charge in [0.15, 0.2) is 0 Å². The minimum Gasteiger partial charge on any atom is -0.371 e. The van der Waals surface area contributed by atoms with Gasteiger partial charge in [0.1, 0.15) is 0 Å². The molecule has 1 aliphatic rings. The highest BCUT2D eigenvalue weighted by atomic mass is 35.5. The van der Waals surface area contributed by atoms with Gasteiger partial charge < -0.3 is 9.80 Å². The fourth-order valence-electron chi connectivity index (χ4n) is 2.72. The lowest BCUT2D eigenvalue weighted by Crippen LogP contribution is -2.42. The second-order valence-electron chi connectivity index (χ2n) is 5.39. The number of hydrogen-bond acceptors (Lipinski definition) is 4. The Bertz CT molecular complexity index is 485. The van der Waals surface area contributed by atoms with Crippen LogP contribution < -0.4 is 4.90 Å². The molecular formula is C14H20ClN3O2. The van der Waals surface area contributed by atoms with Crippen LogP contribution in [0, 0.1) is 10.1 Å². The van der Waals surface area contributed by atoms with Crippen LogP contribution in [0.25, 0.3) is 0 Å². The fourth-order valence-corrected chi connectivity index (χ4v) is 2.94. The number of nitrogens with zero attached hydrogens (tertiary/aromatic N) is 3. The summed E-state index contributed by atoms with van der Waals surface area (Å²) < 4.78 is 0. The van der Waals surface area contributed by atoms with E-state index in [4.69, 9.17) is 11.6 Å². The van der Waals surface area contributed by atoms with Crippen LogP contribution in [-0.2, 0) is 5.88 Å². The van der Waals surface area contributed by atoms with Gasteiger partial charge in [-0.3, -0.25) is 10.1 Å². The van der Waals surface area contributed by atoms with Crippen LogP contribution in [0.4, 0.5) is 11.4 Å². The minimum atomic E-state index is -0.377. The molecule has 0 bridgehead atoms. The van der Waals surface area contributed by atoms with E-state index in [0.717, 1.165) is 37.2 Å². The molecule has 0 aliphatic carbocycles. The summed E-state index contributed by atoms with van der Waals surface area (Å²) in [5, 5.41) is 10.8. The largest absolute Gasteiger partial charge is 0.371 e. The van der Waals surface area contributed by atoms with E-state index in [1.165, 1.54) is 0 Å². The monoisotopic (exact) mass is 297 g/mol. The number of nitro groups is 1. The van der Waals surface area contributed by atoms with E-state index >= 15 is 0 Å². The van der Waals surface area contributed by atoms with Crippen molar-refractivity contribution in [3.63, 3.8) is 0 Å². The van der Waals surface area contributed by atoms with Gasteiger partial charge in [-0.15, -0.1) is 11.6 Å². The van der Waals surface area contributed by atoms with E-state index in [-0.39, 0.29) is 10.6 Å². The number of hydrogen-bond donors (Lipinski definition) is 0. The van der Waals surface area contributed by atoms with Crippen molar-refractivity contribution >= 4 is 23.0 Å². The maximum absolute atomic E-state index is 10.8.